The quantitative estimate of drug-likeness (QED) is 0.907. The molecule has 0 radical (unpaired) electrons. The van der Waals surface area contributed by atoms with E-state index in [0.717, 1.165) is 23.2 Å². The first-order valence-electron chi connectivity index (χ1n) is 6.18. The van der Waals surface area contributed by atoms with Crippen molar-refractivity contribution in [2.75, 3.05) is 11.6 Å². The number of hydrogen-bond donors (Lipinski definition) is 2. The van der Waals surface area contributed by atoms with E-state index in [9.17, 15) is 13.2 Å². The maximum Gasteiger partial charge on any atom is 0.335 e. The van der Waals surface area contributed by atoms with Crippen molar-refractivity contribution < 1.29 is 18.3 Å². The molecule has 0 aromatic heterocycles. The van der Waals surface area contributed by atoms with Gasteiger partial charge in [-0.05, 0) is 55.0 Å². The minimum atomic E-state index is -3.21. The van der Waals surface area contributed by atoms with Crippen LogP contribution in [-0.2, 0) is 9.84 Å². The maximum absolute atomic E-state index is 11.4. The lowest BCUT2D eigenvalue weighted by atomic mass is 10.1. The third-order valence-electron chi connectivity index (χ3n) is 3.03. The fourth-order valence-electron chi connectivity index (χ4n) is 1.88. The van der Waals surface area contributed by atoms with Crippen molar-refractivity contribution in [3.05, 3.63) is 53.6 Å². The first-order valence-corrected chi connectivity index (χ1v) is 8.07. The number of hydrogen-bond acceptors (Lipinski definition) is 4. The van der Waals surface area contributed by atoms with Gasteiger partial charge in [0.05, 0.1) is 10.5 Å². The van der Waals surface area contributed by atoms with Crippen LogP contribution in [0.2, 0.25) is 0 Å². The summed E-state index contributed by atoms with van der Waals surface area (Å²) in [6.45, 7) is 1.81. The molecule has 0 unspecified atom stereocenters. The molecule has 0 heterocycles. The number of benzene rings is 2. The van der Waals surface area contributed by atoms with Gasteiger partial charge in [-0.2, -0.15) is 0 Å². The summed E-state index contributed by atoms with van der Waals surface area (Å²) in [5, 5.41) is 12.0. The van der Waals surface area contributed by atoms with Gasteiger partial charge in [0.2, 0.25) is 0 Å². The maximum atomic E-state index is 11.4. The van der Waals surface area contributed by atoms with Crippen LogP contribution in [0, 0.1) is 6.92 Å². The second-order valence-corrected chi connectivity index (χ2v) is 6.77. The molecule has 110 valence electrons. The molecule has 0 aliphatic carbocycles. The van der Waals surface area contributed by atoms with Gasteiger partial charge in [-0.3, -0.25) is 0 Å². The molecule has 6 heteroatoms. The summed E-state index contributed by atoms with van der Waals surface area (Å²) in [7, 11) is -3.21. The number of aryl methyl sites for hydroxylation is 1. The van der Waals surface area contributed by atoms with Crippen molar-refractivity contribution in [2.24, 2.45) is 0 Å². The molecular formula is C15H15NO4S. The molecular weight excluding hydrogens is 290 g/mol. The number of rotatable bonds is 4. The van der Waals surface area contributed by atoms with Gasteiger partial charge in [0, 0.05) is 17.6 Å². The van der Waals surface area contributed by atoms with Gasteiger partial charge in [0.1, 0.15) is 0 Å². The molecule has 2 N–H and O–H groups in total. The largest absolute Gasteiger partial charge is 0.478 e. The van der Waals surface area contributed by atoms with Crippen LogP contribution < -0.4 is 5.32 Å². The molecule has 21 heavy (non-hydrogen) atoms. The van der Waals surface area contributed by atoms with Gasteiger partial charge in [0.25, 0.3) is 0 Å². The van der Waals surface area contributed by atoms with E-state index in [-0.39, 0.29) is 10.5 Å². The lowest BCUT2D eigenvalue weighted by Gasteiger charge is -2.10. The number of aromatic carboxylic acids is 1. The van der Waals surface area contributed by atoms with Crippen LogP contribution in [0.3, 0.4) is 0 Å². The second-order valence-electron chi connectivity index (χ2n) is 4.76. The van der Waals surface area contributed by atoms with Gasteiger partial charge in [-0.15, -0.1) is 0 Å². The van der Waals surface area contributed by atoms with Crippen LogP contribution >= 0.6 is 0 Å². The molecule has 0 fully saturated rings. The van der Waals surface area contributed by atoms with Gasteiger partial charge < -0.3 is 10.4 Å². The Kier molecular flexibility index (Phi) is 3.99. The standard InChI is InChI=1S/C15H15NO4S/c1-10-9-11(15(17)18)3-8-14(10)16-12-4-6-13(7-5-12)21(2,19)20/h3-9,16H,1-2H3,(H,17,18). The van der Waals surface area contributed by atoms with E-state index in [1.165, 1.54) is 18.2 Å². The monoisotopic (exact) mass is 305 g/mol. The number of carboxylic acid groups (broad SMARTS) is 1. The molecule has 0 aliphatic heterocycles. The van der Waals surface area contributed by atoms with E-state index >= 15 is 0 Å². The van der Waals surface area contributed by atoms with Gasteiger partial charge >= 0.3 is 5.97 Å². The number of sulfone groups is 1. The predicted molar refractivity (Wildman–Crippen MR) is 81.0 cm³/mol. The van der Waals surface area contributed by atoms with Crippen molar-refractivity contribution >= 4 is 27.2 Å². The molecule has 0 spiro atoms. The van der Waals surface area contributed by atoms with Crippen LogP contribution in [0.25, 0.3) is 0 Å². The van der Waals surface area contributed by atoms with E-state index in [2.05, 4.69) is 5.32 Å². The molecule has 0 aliphatic rings. The summed E-state index contributed by atoms with van der Waals surface area (Å²) < 4.78 is 22.8. The topological polar surface area (TPSA) is 83.5 Å². The summed E-state index contributed by atoms with van der Waals surface area (Å²) in [6.07, 6.45) is 1.16. The fourth-order valence-corrected chi connectivity index (χ4v) is 2.51. The average Bonchev–Trinajstić information content (AvgIpc) is 2.40. The lowest BCUT2D eigenvalue weighted by Crippen LogP contribution is -2.00. The van der Waals surface area contributed by atoms with Crippen LogP contribution in [0.5, 0.6) is 0 Å². The molecule has 0 saturated carbocycles. The van der Waals surface area contributed by atoms with Crippen LogP contribution in [0.1, 0.15) is 15.9 Å². The number of carboxylic acids is 1. The van der Waals surface area contributed by atoms with Crippen LogP contribution in [0.4, 0.5) is 11.4 Å². The van der Waals surface area contributed by atoms with Crippen LogP contribution in [0.15, 0.2) is 47.4 Å². The summed E-state index contributed by atoms with van der Waals surface area (Å²) in [5.74, 6) is -0.970. The third-order valence-corrected chi connectivity index (χ3v) is 4.16. The lowest BCUT2D eigenvalue weighted by molar-refractivity contribution is 0.0697. The van der Waals surface area contributed by atoms with E-state index in [1.807, 2.05) is 0 Å². The Balaban J connectivity index is 2.24. The molecule has 5 nitrogen and oxygen atoms in total. The van der Waals surface area contributed by atoms with E-state index in [1.54, 1.807) is 31.2 Å². The fraction of sp³-hybridized carbons (Fsp3) is 0.133. The average molecular weight is 305 g/mol. The number of nitrogens with one attached hydrogen (secondary N) is 1. The Labute approximate surface area is 123 Å². The highest BCUT2D eigenvalue weighted by molar-refractivity contribution is 7.90. The molecule has 2 aromatic carbocycles. The third kappa shape index (κ3) is 3.61. The molecule has 2 aromatic rings. The summed E-state index contributed by atoms with van der Waals surface area (Å²) in [6, 6.07) is 11.2. The highest BCUT2D eigenvalue weighted by Crippen LogP contribution is 2.22. The zero-order valence-corrected chi connectivity index (χ0v) is 12.4. The van der Waals surface area contributed by atoms with Gasteiger partial charge in [-0.25, -0.2) is 13.2 Å². The zero-order valence-electron chi connectivity index (χ0n) is 11.6. The Bertz CT molecular complexity index is 780. The molecule has 2 rings (SSSR count). The molecule has 0 saturated heterocycles. The van der Waals surface area contributed by atoms with Gasteiger partial charge in [-0.1, -0.05) is 0 Å². The van der Waals surface area contributed by atoms with Crippen LogP contribution in [-0.4, -0.2) is 25.7 Å². The van der Waals surface area contributed by atoms with Crippen molar-refractivity contribution in [3.63, 3.8) is 0 Å². The van der Waals surface area contributed by atoms with Crippen molar-refractivity contribution in [3.8, 4) is 0 Å². The summed E-state index contributed by atoms with van der Waals surface area (Å²) >= 11 is 0. The molecule has 0 amide bonds. The SMILES string of the molecule is Cc1cc(C(=O)O)ccc1Nc1ccc(S(C)(=O)=O)cc1. The van der Waals surface area contributed by atoms with Crippen molar-refractivity contribution in [1.29, 1.82) is 0 Å². The Morgan fingerprint density at radius 1 is 1.10 bits per heavy atom. The van der Waals surface area contributed by atoms with Crippen molar-refractivity contribution in [2.45, 2.75) is 11.8 Å². The first-order chi connectivity index (χ1) is 9.77. The first kappa shape index (κ1) is 15.1. The van der Waals surface area contributed by atoms with E-state index < -0.39 is 15.8 Å². The van der Waals surface area contributed by atoms with E-state index in [4.69, 9.17) is 5.11 Å². The van der Waals surface area contributed by atoms with Crippen molar-refractivity contribution in [1.82, 2.24) is 0 Å². The normalized spacial score (nSPS) is 11.1. The highest BCUT2D eigenvalue weighted by atomic mass is 32.2. The Morgan fingerprint density at radius 3 is 2.19 bits per heavy atom. The summed E-state index contributed by atoms with van der Waals surface area (Å²) in [5.41, 5.74) is 2.52. The minimum absolute atomic E-state index is 0.227. The zero-order chi connectivity index (χ0) is 15.6. The Hall–Kier alpha value is -2.34. The van der Waals surface area contributed by atoms with Gasteiger partial charge in [0.15, 0.2) is 9.84 Å². The number of anilines is 2. The highest BCUT2D eigenvalue weighted by Gasteiger charge is 2.08. The smallest absolute Gasteiger partial charge is 0.335 e. The predicted octanol–water partition coefficient (Wildman–Crippen LogP) is 2.84. The summed E-state index contributed by atoms with van der Waals surface area (Å²) in [4.78, 5) is 11.1. The van der Waals surface area contributed by atoms with E-state index in [0.29, 0.717) is 0 Å². The molecule has 0 atom stereocenters. The Morgan fingerprint density at radius 2 is 1.71 bits per heavy atom. The second kappa shape index (κ2) is 5.57. The number of carbonyl (C=O) groups is 1. The minimum Gasteiger partial charge on any atom is -0.478 e. The molecule has 0 bridgehead atoms.